The van der Waals surface area contributed by atoms with Crippen LogP contribution in [0.25, 0.3) is 10.9 Å². The van der Waals surface area contributed by atoms with Crippen LogP contribution in [0.4, 0.5) is 0 Å². The molecule has 0 saturated heterocycles. The Morgan fingerprint density at radius 1 is 0.895 bits per heavy atom. The summed E-state index contributed by atoms with van der Waals surface area (Å²) in [5.74, 6) is 0.828. The van der Waals surface area contributed by atoms with Crippen LogP contribution >= 0.6 is 0 Å². The SMILES string of the molecule is c1ccc(CCOc2cnc3ccccc3c2)cc1. The van der Waals surface area contributed by atoms with Gasteiger partial charge >= 0.3 is 0 Å². The van der Waals surface area contributed by atoms with E-state index in [0.29, 0.717) is 6.61 Å². The molecule has 0 saturated carbocycles. The summed E-state index contributed by atoms with van der Waals surface area (Å²) in [7, 11) is 0. The summed E-state index contributed by atoms with van der Waals surface area (Å²) in [5.41, 5.74) is 2.29. The molecule has 1 heterocycles. The molecule has 1 aromatic heterocycles. The van der Waals surface area contributed by atoms with Gasteiger partial charge in [-0.1, -0.05) is 48.5 Å². The predicted molar refractivity (Wildman–Crippen MR) is 77.4 cm³/mol. The Hall–Kier alpha value is -2.35. The summed E-state index contributed by atoms with van der Waals surface area (Å²) < 4.78 is 5.76. The van der Waals surface area contributed by atoms with Crippen LogP contribution in [0.3, 0.4) is 0 Å². The lowest BCUT2D eigenvalue weighted by atomic mass is 10.2. The van der Waals surface area contributed by atoms with Gasteiger partial charge in [0.1, 0.15) is 5.75 Å². The lowest BCUT2D eigenvalue weighted by molar-refractivity contribution is 0.321. The number of rotatable bonds is 4. The molecule has 19 heavy (non-hydrogen) atoms. The van der Waals surface area contributed by atoms with Crippen molar-refractivity contribution in [3.8, 4) is 5.75 Å². The third-order valence-electron chi connectivity index (χ3n) is 3.07. The largest absolute Gasteiger partial charge is 0.492 e. The van der Waals surface area contributed by atoms with Gasteiger partial charge in [-0.05, 0) is 17.7 Å². The smallest absolute Gasteiger partial charge is 0.138 e. The minimum atomic E-state index is 0.671. The van der Waals surface area contributed by atoms with Crippen molar-refractivity contribution in [2.24, 2.45) is 0 Å². The van der Waals surface area contributed by atoms with Crippen molar-refractivity contribution in [3.63, 3.8) is 0 Å². The number of para-hydroxylation sites is 1. The topological polar surface area (TPSA) is 22.1 Å². The molecule has 2 nitrogen and oxygen atoms in total. The van der Waals surface area contributed by atoms with Crippen molar-refractivity contribution in [1.29, 1.82) is 0 Å². The predicted octanol–water partition coefficient (Wildman–Crippen LogP) is 3.86. The number of aromatic nitrogens is 1. The van der Waals surface area contributed by atoms with Crippen LogP contribution in [-0.2, 0) is 6.42 Å². The molecule has 0 spiro atoms. The first-order valence-corrected chi connectivity index (χ1v) is 6.43. The molecule has 3 aromatic rings. The van der Waals surface area contributed by atoms with Crippen LogP contribution < -0.4 is 4.74 Å². The molecule has 0 radical (unpaired) electrons. The lowest BCUT2D eigenvalue weighted by Crippen LogP contribution is -2.01. The Balaban J connectivity index is 1.65. The van der Waals surface area contributed by atoms with E-state index in [-0.39, 0.29) is 0 Å². The van der Waals surface area contributed by atoms with Gasteiger partial charge in [0.25, 0.3) is 0 Å². The van der Waals surface area contributed by atoms with Crippen molar-refractivity contribution in [1.82, 2.24) is 4.98 Å². The van der Waals surface area contributed by atoms with Crippen LogP contribution in [0, 0.1) is 0 Å². The van der Waals surface area contributed by atoms with Crippen molar-refractivity contribution in [2.75, 3.05) is 6.61 Å². The molecule has 0 bridgehead atoms. The fraction of sp³-hybridized carbons (Fsp3) is 0.118. The summed E-state index contributed by atoms with van der Waals surface area (Å²) >= 11 is 0. The maximum absolute atomic E-state index is 5.76. The molecule has 0 aliphatic carbocycles. The summed E-state index contributed by atoms with van der Waals surface area (Å²) in [6, 6.07) is 20.4. The summed E-state index contributed by atoms with van der Waals surface area (Å²) in [6.45, 7) is 0.671. The molecular weight excluding hydrogens is 234 g/mol. The normalized spacial score (nSPS) is 10.5. The highest BCUT2D eigenvalue weighted by molar-refractivity contribution is 5.79. The highest BCUT2D eigenvalue weighted by atomic mass is 16.5. The number of hydrogen-bond donors (Lipinski definition) is 0. The van der Waals surface area contributed by atoms with Gasteiger partial charge in [-0.3, -0.25) is 4.98 Å². The monoisotopic (exact) mass is 249 g/mol. The molecule has 2 heteroatoms. The van der Waals surface area contributed by atoms with Gasteiger partial charge in [-0.15, -0.1) is 0 Å². The van der Waals surface area contributed by atoms with Crippen molar-refractivity contribution >= 4 is 10.9 Å². The van der Waals surface area contributed by atoms with Crippen molar-refractivity contribution in [2.45, 2.75) is 6.42 Å². The fourth-order valence-corrected chi connectivity index (χ4v) is 2.06. The van der Waals surface area contributed by atoms with E-state index in [4.69, 9.17) is 4.74 Å². The third-order valence-corrected chi connectivity index (χ3v) is 3.07. The van der Waals surface area contributed by atoms with E-state index < -0.39 is 0 Å². The van der Waals surface area contributed by atoms with Gasteiger partial charge in [0, 0.05) is 11.8 Å². The molecule has 94 valence electrons. The molecule has 3 rings (SSSR count). The van der Waals surface area contributed by atoms with E-state index in [1.165, 1.54) is 5.56 Å². The molecule has 0 N–H and O–H groups in total. The Kier molecular flexibility index (Phi) is 3.41. The zero-order valence-electron chi connectivity index (χ0n) is 10.6. The van der Waals surface area contributed by atoms with E-state index in [1.54, 1.807) is 6.20 Å². The highest BCUT2D eigenvalue weighted by Crippen LogP contribution is 2.17. The molecule has 0 atom stereocenters. The van der Waals surface area contributed by atoms with Gasteiger partial charge < -0.3 is 4.74 Å². The van der Waals surface area contributed by atoms with Crippen LogP contribution in [-0.4, -0.2) is 11.6 Å². The van der Waals surface area contributed by atoms with E-state index in [9.17, 15) is 0 Å². The first kappa shape index (κ1) is 11.7. The van der Waals surface area contributed by atoms with Gasteiger partial charge in [0.15, 0.2) is 0 Å². The summed E-state index contributed by atoms with van der Waals surface area (Å²) in [5, 5.41) is 1.11. The van der Waals surface area contributed by atoms with E-state index in [2.05, 4.69) is 17.1 Å². The second-order valence-corrected chi connectivity index (χ2v) is 4.45. The fourth-order valence-electron chi connectivity index (χ4n) is 2.06. The number of hydrogen-bond acceptors (Lipinski definition) is 2. The summed E-state index contributed by atoms with van der Waals surface area (Å²) in [4.78, 5) is 4.38. The van der Waals surface area contributed by atoms with E-state index in [1.807, 2.05) is 48.5 Å². The highest BCUT2D eigenvalue weighted by Gasteiger charge is 1.98. The Bertz CT molecular complexity index is 664. The van der Waals surface area contributed by atoms with Crippen LogP contribution in [0.2, 0.25) is 0 Å². The first-order chi connectivity index (χ1) is 9.42. The Morgan fingerprint density at radius 2 is 1.68 bits per heavy atom. The van der Waals surface area contributed by atoms with Crippen molar-refractivity contribution < 1.29 is 4.74 Å². The number of benzene rings is 2. The van der Waals surface area contributed by atoms with Gasteiger partial charge in [-0.25, -0.2) is 0 Å². The average Bonchev–Trinajstić information content (AvgIpc) is 2.48. The van der Waals surface area contributed by atoms with Gasteiger partial charge in [-0.2, -0.15) is 0 Å². The molecule has 0 aliphatic heterocycles. The quantitative estimate of drug-likeness (QED) is 0.700. The van der Waals surface area contributed by atoms with Crippen molar-refractivity contribution in [3.05, 3.63) is 72.4 Å². The molecule has 0 aliphatic rings. The van der Waals surface area contributed by atoms with Crippen LogP contribution in [0.1, 0.15) is 5.56 Å². The Labute approximate surface area is 112 Å². The summed E-state index contributed by atoms with van der Waals surface area (Å²) in [6.07, 6.45) is 2.70. The third kappa shape index (κ3) is 2.91. The molecule has 0 fully saturated rings. The lowest BCUT2D eigenvalue weighted by Gasteiger charge is -2.06. The molecule has 0 unspecified atom stereocenters. The minimum Gasteiger partial charge on any atom is -0.492 e. The molecular formula is C17H15NO. The van der Waals surface area contributed by atoms with Crippen LogP contribution in [0.15, 0.2) is 66.9 Å². The maximum atomic E-state index is 5.76. The first-order valence-electron chi connectivity index (χ1n) is 6.43. The standard InChI is InChI=1S/C17H15NO/c1-2-6-14(7-3-1)10-11-19-16-12-15-8-4-5-9-17(15)18-13-16/h1-9,12-13H,10-11H2. The Morgan fingerprint density at radius 3 is 2.58 bits per heavy atom. The van der Waals surface area contributed by atoms with Crippen LogP contribution in [0.5, 0.6) is 5.75 Å². The molecule has 0 amide bonds. The second-order valence-electron chi connectivity index (χ2n) is 4.45. The van der Waals surface area contributed by atoms with Gasteiger partial charge in [0.05, 0.1) is 18.3 Å². The zero-order chi connectivity index (χ0) is 12.9. The number of pyridine rings is 1. The number of fused-ring (bicyclic) bond motifs is 1. The van der Waals surface area contributed by atoms with Gasteiger partial charge in [0.2, 0.25) is 0 Å². The zero-order valence-corrected chi connectivity index (χ0v) is 10.6. The van der Waals surface area contributed by atoms with E-state index in [0.717, 1.165) is 23.1 Å². The molecule has 2 aromatic carbocycles. The minimum absolute atomic E-state index is 0.671. The number of nitrogens with zero attached hydrogens (tertiary/aromatic N) is 1. The number of ether oxygens (including phenoxy) is 1. The second kappa shape index (κ2) is 5.53. The average molecular weight is 249 g/mol. The maximum Gasteiger partial charge on any atom is 0.138 e. The van der Waals surface area contributed by atoms with E-state index >= 15 is 0 Å².